The molecule has 0 fully saturated rings. The highest BCUT2D eigenvalue weighted by Crippen LogP contribution is 2.20. The van der Waals surface area contributed by atoms with Crippen molar-refractivity contribution in [2.75, 3.05) is 0 Å². The number of aryl methyl sites for hydroxylation is 1. The van der Waals surface area contributed by atoms with Gasteiger partial charge in [-0.15, -0.1) is 11.3 Å². The predicted octanol–water partition coefficient (Wildman–Crippen LogP) is 2.48. The molecule has 82 valence electrons. The molecule has 2 heterocycles. The van der Waals surface area contributed by atoms with Crippen molar-refractivity contribution in [2.24, 2.45) is 0 Å². The molecule has 0 amide bonds. The molecule has 5 heteroatoms. The summed E-state index contributed by atoms with van der Waals surface area (Å²) in [4.78, 5) is 23.9. The van der Waals surface area contributed by atoms with E-state index in [2.05, 4.69) is 5.16 Å². The molecule has 0 unspecified atom stereocenters. The van der Waals surface area contributed by atoms with Crippen LogP contribution in [0.15, 0.2) is 22.0 Å². The van der Waals surface area contributed by atoms with E-state index in [0.717, 1.165) is 0 Å². The molecule has 0 bridgehead atoms. The quantitative estimate of drug-likeness (QED) is 0.767. The van der Waals surface area contributed by atoms with Crippen molar-refractivity contribution < 1.29 is 14.1 Å². The lowest BCUT2D eigenvalue weighted by molar-refractivity contribution is 0.0989. The molecule has 0 N–H and O–H groups in total. The van der Waals surface area contributed by atoms with E-state index in [4.69, 9.17) is 4.52 Å². The molecule has 0 aliphatic carbocycles. The van der Waals surface area contributed by atoms with Gasteiger partial charge in [-0.2, -0.15) is 0 Å². The molecular weight excluding hydrogens is 226 g/mol. The predicted molar refractivity (Wildman–Crippen MR) is 59.0 cm³/mol. The fraction of sp³-hybridized carbons (Fsp3) is 0.182. The average Bonchev–Trinajstić information content (AvgIpc) is 2.84. The molecule has 2 aromatic rings. The maximum Gasteiger partial charge on any atom is 0.225 e. The molecule has 0 aliphatic heterocycles. The van der Waals surface area contributed by atoms with Crippen molar-refractivity contribution >= 4 is 22.9 Å². The standard InChI is InChI=1S/C11H9NO3S/c1-6(13)9-7(2)15-12-10(9)11(14)8-4-3-5-16-8/h3-5H,1-2H3. The van der Waals surface area contributed by atoms with Crippen LogP contribution in [0.4, 0.5) is 0 Å². The van der Waals surface area contributed by atoms with E-state index in [1.807, 2.05) is 0 Å². The Morgan fingerprint density at radius 2 is 2.19 bits per heavy atom. The second kappa shape index (κ2) is 4.02. The number of hydrogen-bond donors (Lipinski definition) is 0. The SMILES string of the molecule is CC(=O)c1c(C(=O)c2cccs2)noc1C. The molecule has 4 nitrogen and oxygen atoms in total. The number of Topliss-reactive ketones (excluding diaryl/α,β-unsaturated/α-hetero) is 1. The van der Waals surface area contributed by atoms with Crippen LogP contribution in [0, 0.1) is 6.92 Å². The first-order valence-electron chi connectivity index (χ1n) is 4.66. The van der Waals surface area contributed by atoms with Gasteiger partial charge < -0.3 is 4.52 Å². The Kier molecular flexibility index (Phi) is 2.70. The number of carbonyl (C=O) groups is 2. The molecular formula is C11H9NO3S. The maximum absolute atomic E-state index is 12.0. The van der Waals surface area contributed by atoms with Crippen molar-refractivity contribution in [3.63, 3.8) is 0 Å². The van der Waals surface area contributed by atoms with Gasteiger partial charge in [0.05, 0.1) is 10.4 Å². The van der Waals surface area contributed by atoms with Crippen LogP contribution >= 0.6 is 11.3 Å². The first-order chi connectivity index (χ1) is 7.61. The molecule has 0 saturated heterocycles. The van der Waals surface area contributed by atoms with Crippen molar-refractivity contribution in [3.8, 4) is 0 Å². The number of thiophene rings is 1. The molecule has 0 aromatic carbocycles. The summed E-state index contributed by atoms with van der Waals surface area (Å²) in [6.07, 6.45) is 0. The molecule has 0 saturated carbocycles. The fourth-order valence-corrected chi connectivity index (χ4v) is 2.13. The van der Waals surface area contributed by atoms with Crippen LogP contribution in [0.3, 0.4) is 0 Å². The van der Waals surface area contributed by atoms with Crippen molar-refractivity contribution in [2.45, 2.75) is 13.8 Å². The van der Waals surface area contributed by atoms with E-state index in [-0.39, 0.29) is 22.8 Å². The van der Waals surface area contributed by atoms with E-state index in [9.17, 15) is 9.59 Å². The molecule has 2 rings (SSSR count). The van der Waals surface area contributed by atoms with Gasteiger partial charge in [-0.1, -0.05) is 11.2 Å². The van der Waals surface area contributed by atoms with Gasteiger partial charge in [0.1, 0.15) is 5.76 Å². The van der Waals surface area contributed by atoms with Gasteiger partial charge in [-0.3, -0.25) is 9.59 Å². The van der Waals surface area contributed by atoms with Crippen molar-refractivity contribution in [1.29, 1.82) is 0 Å². The lowest BCUT2D eigenvalue weighted by Crippen LogP contribution is -2.06. The topological polar surface area (TPSA) is 60.2 Å². The summed E-state index contributed by atoms with van der Waals surface area (Å²) >= 11 is 1.31. The van der Waals surface area contributed by atoms with Gasteiger partial charge in [0.2, 0.25) is 5.78 Å². The summed E-state index contributed by atoms with van der Waals surface area (Å²) in [5.41, 5.74) is 0.380. The molecule has 2 aromatic heterocycles. The molecule has 0 spiro atoms. The van der Waals surface area contributed by atoms with E-state index < -0.39 is 0 Å². The number of nitrogens with zero attached hydrogens (tertiary/aromatic N) is 1. The summed E-state index contributed by atoms with van der Waals surface area (Å²) in [5, 5.41) is 5.45. The smallest absolute Gasteiger partial charge is 0.225 e. The minimum Gasteiger partial charge on any atom is -0.360 e. The van der Waals surface area contributed by atoms with Gasteiger partial charge in [-0.25, -0.2) is 0 Å². The minimum absolute atomic E-state index is 0.104. The van der Waals surface area contributed by atoms with Crippen LogP contribution < -0.4 is 0 Å². The zero-order valence-corrected chi connectivity index (χ0v) is 9.63. The monoisotopic (exact) mass is 235 g/mol. The number of rotatable bonds is 3. The zero-order chi connectivity index (χ0) is 11.7. The Morgan fingerprint density at radius 1 is 1.44 bits per heavy atom. The molecule has 0 radical (unpaired) electrons. The lowest BCUT2D eigenvalue weighted by atomic mass is 10.1. The first-order valence-corrected chi connectivity index (χ1v) is 5.54. The van der Waals surface area contributed by atoms with E-state index in [1.165, 1.54) is 18.3 Å². The fourth-order valence-electron chi connectivity index (χ4n) is 1.47. The van der Waals surface area contributed by atoms with Crippen LogP contribution in [0.2, 0.25) is 0 Å². The van der Waals surface area contributed by atoms with Gasteiger partial charge in [0, 0.05) is 0 Å². The highest BCUT2D eigenvalue weighted by atomic mass is 32.1. The van der Waals surface area contributed by atoms with E-state index in [1.54, 1.807) is 24.4 Å². The summed E-state index contributed by atoms with van der Waals surface area (Å²) in [6.45, 7) is 3.01. The second-order valence-electron chi connectivity index (χ2n) is 3.32. The van der Waals surface area contributed by atoms with Gasteiger partial charge in [0.25, 0.3) is 0 Å². The maximum atomic E-state index is 12.0. The summed E-state index contributed by atoms with van der Waals surface area (Å²) in [6, 6.07) is 3.47. The highest BCUT2D eigenvalue weighted by molar-refractivity contribution is 7.12. The molecule has 0 aliphatic rings. The van der Waals surface area contributed by atoms with Crippen molar-refractivity contribution in [3.05, 3.63) is 39.4 Å². The highest BCUT2D eigenvalue weighted by Gasteiger charge is 2.24. The van der Waals surface area contributed by atoms with Gasteiger partial charge in [0.15, 0.2) is 11.5 Å². The van der Waals surface area contributed by atoms with E-state index in [0.29, 0.717) is 10.6 Å². The van der Waals surface area contributed by atoms with Gasteiger partial charge in [-0.05, 0) is 25.3 Å². The first kappa shape index (κ1) is 10.8. The third-order valence-electron chi connectivity index (χ3n) is 2.17. The van der Waals surface area contributed by atoms with Crippen LogP contribution in [0.5, 0.6) is 0 Å². The average molecular weight is 235 g/mol. The third kappa shape index (κ3) is 1.69. The molecule has 0 atom stereocenters. The van der Waals surface area contributed by atoms with Crippen LogP contribution in [-0.4, -0.2) is 16.7 Å². The largest absolute Gasteiger partial charge is 0.360 e. The molecule has 16 heavy (non-hydrogen) atoms. The summed E-state index contributed by atoms with van der Waals surface area (Å²) in [7, 11) is 0. The Bertz CT molecular complexity index is 540. The summed E-state index contributed by atoms with van der Waals surface area (Å²) < 4.78 is 4.89. The Morgan fingerprint density at radius 3 is 2.75 bits per heavy atom. The lowest BCUT2D eigenvalue weighted by Gasteiger charge is -1.95. The van der Waals surface area contributed by atoms with Crippen LogP contribution in [0.25, 0.3) is 0 Å². The number of hydrogen-bond acceptors (Lipinski definition) is 5. The van der Waals surface area contributed by atoms with Gasteiger partial charge >= 0.3 is 0 Å². The zero-order valence-electron chi connectivity index (χ0n) is 8.81. The number of ketones is 2. The Hall–Kier alpha value is -1.75. The van der Waals surface area contributed by atoms with Crippen LogP contribution in [-0.2, 0) is 0 Å². The Labute approximate surface area is 95.9 Å². The number of aromatic nitrogens is 1. The number of carbonyl (C=O) groups excluding carboxylic acids is 2. The third-order valence-corrected chi connectivity index (χ3v) is 3.04. The van der Waals surface area contributed by atoms with E-state index >= 15 is 0 Å². The summed E-state index contributed by atoms with van der Waals surface area (Å²) in [5.74, 6) is -0.0943. The minimum atomic E-state index is -0.267. The second-order valence-corrected chi connectivity index (χ2v) is 4.27. The normalized spacial score (nSPS) is 10.4. The van der Waals surface area contributed by atoms with Crippen molar-refractivity contribution in [1.82, 2.24) is 5.16 Å². The Balaban J connectivity index is 2.49. The van der Waals surface area contributed by atoms with Crippen LogP contribution in [0.1, 0.15) is 38.4 Å².